The molecular formula is C21H24N6OS. The Morgan fingerprint density at radius 1 is 1.17 bits per heavy atom. The Morgan fingerprint density at radius 2 is 1.90 bits per heavy atom. The third kappa shape index (κ3) is 5.14. The van der Waals surface area contributed by atoms with Crippen LogP contribution in [0.4, 0.5) is 11.4 Å². The van der Waals surface area contributed by atoms with Crippen molar-refractivity contribution in [1.82, 2.24) is 20.2 Å². The average Bonchev–Trinajstić information content (AvgIpc) is 3.23. The number of hydrogen-bond acceptors (Lipinski definition) is 6. The van der Waals surface area contributed by atoms with Crippen LogP contribution >= 0.6 is 11.8 Å². The third-order valence-corrected chi connectivity index (χ3v) is 5.90. The summed E-state index contributed by atoms with van der Waals surface area (Å²) in [6.45, 7) is 4.51. The van der Waals surface area contributed by atoms with Crippen molar-refractivity contribution in [2.24, 2.45) is 5.92 Å². The first-order chi connectivity index (χ1) is 14.2. The number of carbonyl (C=O) groups is 1. The Morgan fingerprint density at radius 3 is 2.62 bits per heavy atom. The van der Waals surface area contributed by atoms with Gasteiger partial charge in [0, 0.05) is 42.4 Å². The van der Waals surface area contributed by atoms with Gasteiger partial charge in [0.25, 0.3) is 0 Å². The maximum Gasteiger partial charge on any atom is 0.234 e. The molecule has 0 unspecified atom stereocenters. The second kappa shape index (κ2) is 9.09. The Kier molecular flexibility index (Phi) is 6.09. The van der Waals surface area contributed by atoms with Crippen molar-refractivity contribution in [2.75, 3.05) is 29.1 Å². The molecular weight excluding hydrogens is 384 g/mol. The van der Waals surface area contributed by atoms with E-state index in [4.69, 9.17) is 0 Å². The Hall–Kier alpha value is -2.87. The van der Waals surface area contributed by atoms with Crippen LogP contribution in [-0.4, -0.2) is 44.9 Å². The Bertz CT molecular complexity index is 935. The molecule has 0 saturated carbocycles. The van der Waals surface area contributed by atoms with E-state index in [2.05, 4.69) is 49.4 Å². The lowest BCUT2D eigenvalue weighted by Gasteiger charge is -2.32. The van der Waals surface area contributed by atoms with Crippen LogP contribution in [0.3, 0.4) is 0 Å². The van der Waals surface area contributed by atoms with E-state index in [1.165, 1.54) is 30.3 Å². The lowest BCUT2D eigenvalue weighted by molar-refractivity contribution is -0.113. The quantitative estimate of drug-likeness (QED) is 0.603. The summed E-state index contributed by atoms with van der Waals surface area (Å²) < 4.78 is 0. The zero-order valence-corrected chi connectivity index (χ0v) is 17.2. The predicted octanol–water partition coefficient (Wildman–Crippen LogP) is 3.83. The molecule has 1 aliphatic rings. The van der Waals surface area contributed by atoms with Crippen molar-refractivity contribution < 1.29 is 4.79 Å². The van der Waals surface area contributed by atoms with Crippen molar-refractivity contribution in [1.29, 1.82) is 0 Å². The second-order valence-electron chi connectivity index (χ2n) is 7.26. The van der Waals surface area contributed by atoms with Crippen molar-refractivity contribution in [3.05, 3.63) is 48.8 Å². The van der Waals surface area contributed by atoms with Crippen molar-refractivity contribution in [3.63, 3.8) is 0 Å². The fourth-order valence-corrected chi connectivity index (χ4v) is 3.90. The number of thioether (sulfide) groups is 1. The molecule has 7 nitrogen and oxygen atoms in total. The van der Waals surface area contributed by atoms with E-state index < -0.39 is 0 Å². The number of nitrogens with zero attached hydrogens (tertiary/aromatic N) is 4. The highest BCUT2D eigenvalue weighted by Crippen LogP contribution is 2.24. The number of rotatable bonds is 6. The highest BCUT2D eigenvalue weighted by molar-refractivity contribution is 7.99. The van der Waals surface area contributed by atoms with E-state index in [1.54, 1.807) is 12.4 Å². The number of benzene rings is 1. The number of hydrogen-bond donors (Lipinski definition) is 2. The van der Waals surface area contributed by atoms with Crippen LogP contribution in [0.5, 0.6) is 0 Å². The number of pyridine rings is 1. The van der Waals surface area contributed by atoms with Crippen LogP contribution in [0.15, 0.2) is 53.9 Å². The fourth-order valence-electron chi connectivity index (χ4n) is 3.30. The number of nitrogens with one attached hydrogen (secondary N) is 2. The molecule has 0 spiro atoms. The highest BCUT2D eigenvalue weighted by Gasteiger charge is 2.16. The largest absolute Gasteiger partial charge is 0.372 e. The van der Waals surface area contributed by atoms with Crippen molar-refractivity contribution in [3.8, 4) is 11.4 Å². The lowest BCUT2D eigenvalue weighted by Crippen LogP contribution is -2.32. The van der Waals surface area contributed by atoms with E-state index >= 15 is 0 Å². The van der Waals surface area contributed by atoms with E-state index in [1.807, 2.05) is 24.3 Å². The number of amides is 1. The molecule has 0 aliphatic carbocycles. The molecule has 8 heteroatoms. The molecule has 2 aromatic heterocycles. The molecule has 1 amide bonds. The van der Waals surface area contributed by atoms with Gasteiger partial charge in [-0.3, -0.25) is 14.9 Å². The summed E-state index contributed by atoms with van der Waals surface area (Å²) in [5, 5.41) is 10.5. The van der Waals surface area contributed by atoms with Gasteiger partial charge in [0.1, 0.15) is 0 Å². The fraction of sp³-hybridized carbons (Fsp3) is 0.333. The number of carbonyl (C=O) groups excluding carboxylic acids is 1. The summed E-state index contributed by atoms with van der Waals surface area (Å²) in [6, 6.07) is 11.8. The van der Waals surface area contributed by atoms with Gasteiger partial charge in [-0.25, -0.2) is 4.98 Å². The summed E-state index contributed by atoms with van der Waals surface area (Å²) in [6.07, 6.45) is 5.88. The molecule has 150 valence electrons. The minimum absolute atomic E-state index is 0.0789. The number of H-pyrrole nitrogens is 1. The minimum Gasteiger partial charge on any atom is -0.372 e. The number of aromatic nitrogens is 4. The van der Waals surface area contributed by atoms with Gasteiger partial charge in [-0.1, -0.05) is 18.7 Å². The normalized spacial score (nSPS) is 14.7. The standard InChI is InChI=1S/C21H24N6OS/c1-15-8-12-27(13-9-15)18-4-2-17(3-5-18)23-19(28)14-29-21-24-20(25-26-21)16-6-10-22-11-7-16/h2-7,10-11,15H,8-9,12-14H2,1H3,(H,23,28)(H,24,25,26). The summed E-state index contributed by atoms with van der Waals surface area (Å²) in [4.78, 5) is 23.1. The first kappa shape index (κ1) is 19.4. The molecule has 1 fully saturated rings. The lowest BCUT2D eigenvalue weighted by atomic mass is 9.99. The van der Waals surface area contributed by atoms with E-state index in [-0.39, 0.29) is 11.7 Å². The summed E-state index contributed by atoms with van der Waals surface area (Å²) in [7, 11) is 0. The monoisotopic (exact) mass is 408 g/mol. The SMILES string of the molecule is CC1CCN(c2ccc(NC(=O)CSc3n[nH]c(-c4ccncc4)n3)cc2)CC1. The summed E-state index contributed by atoms with van der Waals surface area (Å²) >= 11 is 1.30. The molecule has 1 aromatic carbocycles. The van der Waals surface area contributed by atoms with Gasteiger partial charge in [-0.2, -0.15) is 0 Å². The number of aromatic amines is 1. The number of anilines is 2. The molecule has 0 atom stereocenters. The zero-order chi connectivity index (χ0) is 20.1. The smallest absolute Gasteiger partial charge is 0.234 e. The molecule has 4 rings (SSSR count). The van der Waals surface area contributed by atoms with Crippen LogP contribution in [0, 0.1) is 5.92 Å². The van der Waals surface area contributed by atoms with E-state index in [9.17, 15) is 4.79 Å². The molecule has 1 aliphatic heterocycles. The van der Waals surface area contributed by atoms with Crippen LogP contribution in [0.2, 0.25) is 0 Å². The van der Waals surface area contributed by atoms with Gasteiger partial charge in [-0.05, 0) is 55.2 Å². The van der Waals surface area contributed by atoms with Gasteiger partial charge in [-0.15, -0.1) is 5.10 Å². The second-order valence-corrected chi connectivity index (χ2v) is 8.20. The topological polar surface area (TPSA) is 86.8 Å². The first-order valence-corrected chi connectivity index (χ1v) is 10.8. The van der Waals surface area contributed by atoms with Crippen LogP contribution in [0.1, 0.15) is 19.8 Å². The molecule has 0 radical (unpaired) electrons. The van der Waals surface area contributed by atoms with Gasteiger partial charge < -0.3 is 10.2 Å². The van der Waals surface area contributed by atoms with Gasteiger partial charge in [0.05, 0.1) is 5.75 Å². The third-order valence-electron chi connectivity index (χ3n) is 5.05. The van der Waals surface area contributed by atoms with Gasteiger partial charge in [0.15, 0.2) is 5.82 Å². The average molecular weight is 409 g/mol. The molecule has 0 bridgehead atoms. The van der Waals surface area contributed by atoms with E-state index in [0.29, 0.717) is 11.0 Å². The van der Waals surface area contributed by atoms with Crippen molar-refractivity contribution in [2.45, 2.75) is 24.9 Å². The zero-order valence-electron chi connectivity index (χ0n) is 16.3. The van der Waals surface area contributed by atoms with E-state index in [0.717, 1.165) is 30.3 Å². The molecule has 3 aromatic rings. The van der Waals surface area contributed by atoms with Gasteiger partial charge in [0.2, 0.25) is 11.1 Å². The van der Waals surface area contributed by atoms with Crippen LogP contribution in [-0.2, 0) is 4.79 Å². The Labute approximate surface area is 174 Å². The van der Waals surface area contributed by atoms with Crippen LogP contribution in [0.25, 0.3) is 11.4 Å². The molecule has 3 heterocycles. The predicted molar refractivity (Wildman–Crippen MR) is 116 cm³/mol. The maximum absolute atomic E-state index is 12.3. The first-order valence-electron chi connectivity index (χ1n) is 9.78. The molecule has 29 heavy (non-hydrogen) atoms. The maximum atomic E-state index is 12.3. The summed E-state index contributed by atoms with van der Waals surface area (Å²) in [5.41, 5.74) is 2.93. The van der Waals surface area contributed by atoms with Gasteiger partial charge >= 0.3 is 0 Å². The molecule has 2 N–H and O–H groups in total. The number of piperidine rings is 1. The Balaban J connectivity index is 1.27. The van der Waals surface area contributed by atoms with Crippen molar-refractivity contribution >= 4 is 29.0 Å². The minimum atomic E-state index is -0.0789. The molecule has 1 saturated heterocycles. The van der Waals surface area contributed by atoms with Crippen LogP contribution < -0.4 is 10.2 Å². The summed E-state index contributed by atoms with van der Waals surface area (Å²) in [5.74, 6) is 1.65. The highest BCUT2D eigenvalue weighted by atomic mass is 32.2.